The molecule has 0 amide bonds. The van der Waals surface area contributed by atoms with Crippen LogP contribution in [0.4, 0.5) is 0 Å². The summed E-state index contributed by atoms with van der Waals surface area (Å²) in [6, 6.07) is 0. The molecule has 0 aliphatic heterocycles. The number of carbonyl (C=O) groups is 2. The van der Waals surface area contributed by atoms with Gasteiger partial charge >= 0.3 is 11.9 Å². The minimum absolute atomic E-state index is 0.0594. The fourth-order valence-electron chi connectivity index (χ4n) is 3.33. The van der Waals surface area contributed by atoms with Gasteiger partial charge in [0, 0.05) is 0 Å². The third-order valence-corrected chi connectivity index (χ3v) is 4.54. The first-order valence-corrected chi connectivity index (χ1v) is 10.2. The minimum Gasteiger partial charge on any atom is -0.466 e. The normalized spacial score (nSPS) is 14.7. The third-order valence-electron chi connectivity index (χ3n) is 4.54. The van der Waals surface area contributed by atoms with Gasteiger partial charge in [0.1, 0.15) is 0 Å². The van der Waals surface area contributed by atoms with Gasteiger partial charge in [-0.15, -0.1) is 0 Å². The topological polar surface area (TPSA) is 52.6 Å². The molecule has 26 heavy (non-hydrogen) atoms. The van der Waals surface area contributed by atoms with Crippen LogP contribution in [-0.2, 0) is 19.1 Å². The molecule has 0 aliphatic rings. The van der Waals surface area contributed by atoms with E-state index in [0.29, 0.717) is 19.1 Å². The van der Waals surface area contributed by atoms with E-state index in [1.54, 1.807) is 0 Å². The predicted octanol–water partition coefficient (Wildman–Crippen LogP) is 5.70. The molecule has 0 aromatic carbocycles. The molecular weight excluding hydrogens is 328 g/mol. The van der Waals surface area contributed by atoms with Crippen molar-refractivity contribution in [3.8, 4) is 0 Å². The molecule has 4 nitrogen and oxygen atoms in total. The first-order valence-electron chi connectivity index (χ1n) is 10.2. The first kappa shape index (κ1) is 24.7. The number of ether oxygens (including phenoxy) is 2. The Labute approximate surface area is 160 Å². The molecule has 0 N–H and O–H groups in total. The zero-order valence-corrected chi connectivity index (χ0v) is 18.0. The lowest BCUT2D eigenvalue weighted by atomic mass is 9.75. The van der Waals surface area contributed by atoms with E-state index in [0.717, 1.165) is 19.3 Å². The molecule has 0 fully saturated rings. The summed E-state index contributed by atoms with van der Waals surface area (Å²) in [5, 5.41) is 0. The van der Waals surface area contributed by atoms with Gasteiger partial charge in [0.05, 0.1) is 25.6 Å². The molecule has 0 bridgehead atoms. The van der Waals surface area contributed by atoms with E-state index in [9.17, 15) is 9.59 Å². The molecule has 0 rings (SSSR count). The predicted molar refractivity (Wildman–Crippen MR) is 107 cm³/mol. The maximum atomic E-state index is 12.6. The van der Waals surface area contributed by atoms with E-state index < -0.39 is 11.3 Å². The highest BCUT2D eigenvalue weighted by Crippen LogP contribution is 2.35. The number of hydrogen-bond acceptors (Lipinski definition) is 4. The smallest absolute Gasteiger partial charge is 0.310 e. The molecular formula is C22H40O4. The van der Waals surface area contributed by atoms with Crippen molar-refractivity contribution >= 4 is 11.9 Å². The quantitative estimate of drug-likeness (QED) is 0.309. The highest BCUT2D eigenvalue weighted by atomic mass is 16.5. The fourth-order valence-corrected chi connectivity index (χ4v) is 3.33. The van der Waals surface area contributed by atoms with Crippen molar-refractivity contribution in [2.45, 2.75) is 87.0 Å². The Kier molecular flexibility index (Phi) is 12.3. The largest absolute Gasteiger partial charge is 0.466 e. The number of hydrogen-bond donors (Lipinski definition) is 0. The molecule has 0 aromatic rings. The van der Waals surface area contributed by atoms with E-state index in [1.165, 1.54) is 18.4 Å². The summed E-state index contributed by atoms with van der Waals surface area (Å²) >= 11 is 0. The van der Waals surface area contributed by atoms with Crippen molar-refractivity contribution in [2.24, 2.45) is 17.3 Å². The molecule has 0 aliphatic carbocycles. The molecule has 2 atom stereocenters. The summed E-state index contributed by atoms with van der Waals surface area (Å²) in [7, 11) is 0. The van der Waals surface area contributed by atoms with E-state index in [4.69, 9.17) is 9.47 Å². The highest BCUT2D eigenvalue weighted by Gasteiger charge is 2.37. The Morgan fingerprint density at radius 2 is 1.54 bits per heavy atom. The third kappa shape index (κ3) is 9.98. The first-order chi connectivity index (χ1) is 12.2. The Bertz CT molecular complexity index is 451. The van der Waals surface area contributed by atoms with Gasteiger partial charge in [-0.3, -0.25) is 9.59 Å². The van der Waals surface area contributed by atoms with Crippen molar-refractivity contribution in [1.29, 1.82) is 0 Å². The van der Waals surface area contributed by atoms with Gasteiger partial charge in [0.2, 0.25) is 0 Å². The SMILES string of the molecule is CCCOC(=O)C[C@@H](C(=O)OCCC)C(C)(C)/C=C(\C)C[C@@H](C)CCC. The van der Waals surface area contributed by atoms with Crippen molar-refractivity contribution in [1.82, 2.24) is 0 Å². The second-order valence-electron chi connectivity index (χ2n) is 8.05. The zero-order chi connectivity index (χ0) is 20.2. The van der Waals surface area contributed by atoms with E-state index >= 15 is 0 Å². The summed E-state index contributed by atoms with van der Waals surface area (Å²) in [6.45, 7) is 15.3. The van der Waals surface area contributed by atoms with E-state index in [-0.39, 0.29) is 18.4 Å². The molecule has 0 radical (unpaired) electrons. The number of allylic oxidation sites excluding steroid dienone is 2. The van der Waals surface area contributed by atoms with Crippen LogP contribution in [0.5, 0.6) is 0 Å². The second kappa shape index (κ2) is 12.9. The maximum Gasteiger partial charge on any atom is 0.310 e. The van der Waals surface area contributed by atoms with Gasteiger partial charge in [-0.1, -0.05) is 66.0 Å². The van der Waals surface area contributed by atoms with Crippen LogP contribution in [0.25, 0.3) is 0 Å². The summed E-state index contributed by atoms with van der Waals surface area (Å²) in [5.41, 5.74) is 0.790. The van der Waals surface area contributed by atoms with Crippen LogP contribution in [-0.4, -0.2) is 25.2 Å². The molecule has 0 aromatic heterocycles. The van der Waals surface area contributed by atoms with E-state index in [2.05, 4.69) is 26.8 Å². The highest BCUT2D eigenvalue weighted by molar-refractivity contribution is 5.81. The lowest BCUT2D eigenvalue weighted by molar-refractivity contribution is -0.158. The summed E-state index contributed by atoms with van der Waals surface area (Å²) < 4.78 is 10.6. The Balaban J connectivity index is 5.27. The van der Waals surface area contributed by atoms with Crippen LogP contribution in [0.15, 0.2) is 11.6 Å². The number of esters is 2. The van der Waals surface area contributed by atoms with Crippen molar-refractivity contribution < 1.29 is 19.1 Å². The summed E-state index contributed by atoms with van der Waals surface area (Å²) in [5.74, 6) is -0.554. The lowest BCUT2D eigenvalue weighted by Crippen LogP contribution is -2.34. The van der Waals surface area contributed by atoms with Gasteiger partial charge in [0.15, 0.2) is 0 Å². The van der Waals surface area contributed by atoms with Crippen LogP contribution in [0.1, 0.15) is 87.0 Å². The van der Waals surface area contributed by atoms with E-state index in [1.807, 2.05) is 27.7 Å². The minimum atomic E-state index is -0.533. The lowest BCUT2D eigenvalue weighted by Gasteiger charge is -2.30. The van der Waals surface area contributed by atoms with Crippen molar-refractivity contribution in [2.75, 3.05) is 13.2 Å². The van der Waals surface area contributed by atoms with Gasteiger partial charge in [-0.05, 0) is 37.5 Å². The molecule has 4 heteroatoms. The van der Waals surface area contributed by atoms with Crippen molar-refractivity contribution in [3.63, 3.8) is 0 Å². The van der Waals surface area contributed by atoms with Crippen LogP contribution in [0, 0.1) is 17.3 Å². The van der Waals surface area contributed by atoms with Gasteiger partial charge in [0.25, 0.3) is 0 Å². The van der Waals surface area contributed by atoms with Crippen LogP contribution < -0.4 is 0 Å². The maximum absolute atomic E-state index is 12.6. The van der Waals surface area contributed by atoms with Crippen LogP contribution in [0.3, 0.4) is 0 Å². The monoisotopic (exact) mass is 368 g/mol. The standard InChI is InChI=1S/C22H40O4/c1-8-11-17(4)14-18(5)16-22(6,7)19(21(24)26-13-10-3)15-20(23)25-12-9-2/h16-17,19H,8-15H2,1-7H3/b18-16+/t17-,19-/m0/s1. The number of rotatable bonds is 13. The second-order valence-corrected chi connectivity index (χ2v) is 8.05. The Morgan fingerprint density at radius 1 is 0.962 bits per heavy atom. The molecule has 0 heterocycles. The Hall–Kier alpha value is -1.32. The summed E-state index contributed by atoms with van der Waals surface area (Å²) in [6.07, 6.45) is 7.11. The fraction of sp³-hybridized carbons (Fsp3) is 0.818. The van der Waals surface area contributed by atoms with Gasteiger partial charge in [-0.25, -0.2) is 0 Å². The van der Waals surface area contributed by atoms with Crippen molar-refractivity contribution in [3.05, 3.63) is 11.6 Å². The Morgan fingerprint density at radius 3 is 2.08 bits per heavy atom. The average Bonchev–Trinajstić information content (AvgIpc) is 2.54. The zero-order valence-electron chi connectivity index (χ0n) is 18.0. The molecule has 0 spiro atoms. The van der Waals surface area contributed by atoms with Crippen LogP contribution >= 0.6 is 0 Å². The molecule has 0 saturated heterocycles. The molecule has 0 unspecified atom stereocenters. The number of carbonyl (C=O) groups excluding carboxylic acids is 2. The molecule has 0 saturated carbocycles. The summed E-state index contributed by atoms with van der Waals surface area (Å²) in [4.78, 5) is 24.7. The van der Waals surface area contributed by atoms with Gasteiger partial charge in [-0.2, -0.15) is 0 Å². The molecule has 152 valence electrons. The average molecular weight is 369 g/mol. The van der Waals surface area contributed by atoms with Crippen LogP contribution in [0.2, 0.25) is 0 Å². The van der Waals surface area contributed by atoms with Gasteiger partial charge < -0.3 is 9.47 Å².